The maximum absolute atomic E-state index is 5.85. The fraction of sp³-hybridized carbons (Fsp3) is 0.375. The molecule has 4 heteroatoms. The number of nitrogens with one attached hydrogen (secondary N) is 1. The number of likely N-dealkylation sites (N-methyl/N-ethyl adjacent to an activating group) is 1. The molecule has 0 radical (unpaired) electrons. The summed E-state index contributed by atoms with van der Waals surface area (Å²) in [6, 6.07) is 12.7. The first-order valence-corrected chi connectivity index (χ1v) is 7.05. The number of para-hydroxylation sites is 2. The van der Waals surface area contributed by atoms with Gasteiger partial charge in [0.15, 0.2) is 0 Å². The summed E-state index contributed by atoms with van der Waals surface area (Å²) in [5.74, 6) is 2.01. The van der Waals surface area contributed by atoms with Gasteiger partial charge in [-0.1, -0.05) is 12.1 Å². The van der Waals surface area contributed by atoms with Gasteiger partial charge in [0.2, 0.25) is 0 Å². The van der Waals surface area contributed by atoms with Crippen molar-refractivity contribution >= 4 is 11.4 Å². The molecule has 0 saturated heterocycles. The molecule has 3 rings (SSSR count). The summed E-state index contributed by atoms with van der Waals surface area (Å²) in [6.45, 7) is 3.67. The Labute approximate surface area is 120 Å². The number of furan rings is 1. The van der Waals surface area contributed by atoms with Gasteiger partial charge in [0.1, 0.15) is 11.5 Å². The zero-order valence-corrected chi connectivity index (χ0v) is 12.1. The maximum Gasteiger partial charge on any atom is 0.123 e. The number of rotatable bonds is 4. The van der Waals surface area contributed by atoms with Crippen LogP contribution in [0, 0.1) is 0 Å². The second-order valence-corrected chi connectivity index (χ2v) is 5.23. The second kappa shape index (κ2) is 5.59. The van der Waals surface area contributed by atoms with E-state index >= 15 is 0 Å². The smallest absolute Gasteiger partial charge is 0.123 e. The average molecular weight is 271 g/mol. The van der Waals surface area contributed by atoms with Crippen LogP contribution in [0.4, 0.5) is 11.4 Å². The summed E-state index contributed by atoms with van der Waals surface area (Å²) in [6.07, 6.45) is 0. The molecule has 1 N–H and O–H groups in total. The number of nitrogens with zero attached hydrogens (tertiary/aromatic N) is 2. The van der Waals surface area contributed by atoms with Crippen LogP contribution in [0.25, 0.3) is 0 Å². The minimum absolute atomic E-state index is 0.777. The highest BCUT2D eigenvalue weighted by Gasteiger charge is 2.20. The summed E-state index contributed by atoms with van der Waals surface area (Å²) < 4.78 is 5.85. The Bertz CT molecular complexity index is 579. The number of hydrogen-bond donors (Lipinski definition) is 1. The Hall–Kier alpha value is -1.94. The Morgan fingerprint density at radius 1 is 1.05 bits per heavy atom. The number of benzene rings is 1. The minimum atomic E-state index is 0.777. The van der Waals surface area contributed by atoms with Gasteiger partial charge in [-0.15, -0.1) is 0 Å². The van der Waals surface area contributed by atoms with E-state index in [0.29, 0.717) is 0 Å². The van der Waals surface area contributed by atoms with E-state index in [0.717, 1.165) is 37.7 Å². The highest BCUT2D eigenvalue weighted by atomic mass is 16.3. The molecule has 0 amide bonds. The summed E-state index contributed by atoms with van der Waals surface area (Å²) in [4.78, 5) is 4.69. The molecule has 1 aliphatic heterocycles. The van der Waals surface area contributed by atoms with Crippen LogP contribution < -0.4 is 15.1 Å². The predicted molar refractivity (Wildman–Crippen MR) is 82.2 cm³/mol. The highest BCUT2D eigenvalue weighted by molar-refractivity contribution is 5.72. The topological polar surface area (TPSA) is 31.6 Å². The lowest BCUT2D eigenvalue weighted by Crippen LogP contribution is -2.38. The molecule has 0 saturated carbocycles. The van der Waals surface area contributed by atoms with Gasteiger partial charge >= 0.3 is 0 Å². The van der Waals surface area contributed by atoms with Crippen LogP contribution in [0.5, 0.6) is 0 Å². The third-order valence-electron chi connectivity index (χ3n) is 3.75. The third-order valence-corrected chi connectivity index (χ3v) is 3.75. The summed E-state index contributed by atoms with van der Waals surface area (Å²) in [7, 11) is 4.08. The Balaban J connectivity index is 1.79. The molecule has 20 heavy (non-hydrogen) atoms. The van der Waals surface area contributed by atoms with E-state index in [-0.39, 0.29) is 0 Å². The van der Waals surface area contributed by atoms with E-state index in [2.05, 4.69) is 52.5 Å². The van der Waals surface area contributed by atoms with E-state index in [9.17, 15) is 0 Å². The Morgan fingerprint density at radius 2 is 1.80 bits per heavy atom. The summed E-state index contributed by atoms with van der Waals surface area (Å²) >= 11 is 0. The molecule has 2 aromatic rings. The molecule has 2 heterocycles. The van der Waals surface area contributed by atoms with Crippen LogP contribution in [-0.2, 0) is 13.1 Å². The van der Waals surface area contributed by atoms with Crippen LogP contribution in [0.15, 0.2) is 40.8 Å². The molecule has 1 aromatic heterocycles. The zero-order chi connectivity index (χ0) is 13.9. The first kappa shape index (κ1) is 13.1. The molecular formula is C16H21N3O. The summed E-state index contributed by atoms with van der Waals surface area (Å²) in [5.41, 5.74) is 2.58. The van der Waals surface area contributed by atoms with E-state index in [1.807, 2.05) is 13.1 Å². The van der Waals surface area contributed by atoms with Gasteiger partial charge in [-0.25, -0.2) is 0 Å². The lowest BCUT2D eigenvalue weighted by Gasteiger charge is -2.36. The predicted octanol–water partition coefficient (Wildman–Crippen LogP) is 2.46. The van der Waals surface area contributed by atoms with E-state index < -0.39 is 0 Å². The van der Waals surface area contributed by atoms with Gasteiger partial charge in [-0.2, -0.15) is 0 Å². The van der Waals surface area contributed by atoms with Crippen LogP contribution in [0.3, 0.4) is 0 Å². The van der Waals surface area contributed by atoms with Crippen LogP contribution in [0.1, 0.15) is 11.5 Å². The van der Waals surface area contributed by atoms with E-state index in [1.165, 1.54) is 11.4 Å². The monoisotopic (exact) mass is 271 g/mol. The third kappa shape index (κ3) is 2.51. The quantitative estimate of drug-likeness (QED) is 0.925. The van der Waals surface area contributed by atoms with Gasteiger partial charge in [0.25, 0.3) is 0 Å². The SMILES string of the molecule is CNCc1ccc(CN2CCN(C)c3ccccc32)o1. The van der Waals surface area contributed by atoms with Crippen molar-refractivity contribution in [3.63, 3.8) is 0 Å². The van der Waals surface area contributed by atoms with Crippen molar-refractivity contribution in [1.29, 1.82) is 0 Å². The normalized spacial score (nSPS) is 14.5. The first-order valence-electron chi connectivity index (χ1n) is 7.05. The van der Waals surface area contributed by atoms with Gasteiger partial charge in [-0.05, 0) is 31.3 Å². The van der Waals surface area contributed by atoms with Crippen LogP contribution in [0.2, 0.25) is 0 Å². The van der Waals surface area contributed by atoms with Crippen LogP contribution >= 0.6 is 0 Å². The molecule has 0 fully saturated rings. The van der Waals surface area contributed by atoms with Crippen molar-refractivity contribution in [1.82, 2.24) is 5.32 Å². The van der Waals surface area contributed by atoms with Crippen molar-refractivity contribution in [2.75, 3.05) is 37.0 Å². The number of hydrogen-bond acceptors (Lipinski definition) is 4. The van der Waals surface area contributed by atoms with Crippen molar-refractivity contribution in [3.05, 3.63) is 47.9 Å². The molecule has 0 unspecified atom stereocenters. The first-order chi connectivity index (χ1) is 9.78. The summed E-state index contributed by atoms with van der Waals surface area (Å²) in [5, 5.41) is 3.11. The standard InChI is InChI=1S/C16H21N3O/c1-17-11-13-7-8-14(20-13)12-19-10-9-18(2)15-5-3-4-6-16(15)19/h3-8,17H,9-12H2,1-2H3. The minimum Gasteiger partial charge on any atom is -0.463 e. The largest absolute Gasteiger partial charge is 0.463 e. The van der Waals surface area contributed by atoms with E-state index in [4.69, 9.17) is 4.42 Å². The van der Waals surface area contributed by atoms with Gasteiger partial charge in [0.05, 0.1) is 24.5 Å². The second-order valence-electron chi connectivity index (χ2n) is 5.23. The number of fused-ring (bicyclic) bond motifs is 1. The lowest BCUT2D eigenvalue weighted by atomic mass is 10.1. The maximum atomic E-state index is 5.85. The molecule has 1 aromatic carbocycles. The van der Waals surface area contributed by atoms with Crippen LogP contribution in [-0.4, -0.2) is 27.2 Å². The Morgan fingerprint density at radius 3 is 2.60 bits per heavy atom. The molecule has 1 aliphatic rings. The molecule has 0 atom stereocenters. The fourth-order valence-corrected chi connectivity index (χ4v) is 2.69. The van der Waals surface area contributed by atoms with Crippen molar-refractivity contribution in [3.8, 4) is 0 Å². The molecular weight excluding hydrogens is 250 g/mol. The molecule has 0 bridgehead atoms. The molecule has 106 valence electrons. The Kier molecular flexibility index (Phi) is 3.65. The fourth-order valence-electron chi connectivity index (χ4n) is 2.69. The molecule has 0 aliphatic carbocycles. The number of anilines is 2. The van der Waals surface area contributed by atoms with E-state index in [1.54, 1.807) is 0 Å². The van der Waals surface area contributed by atoms with Crippen molar-refractivity contribution in [2.24, 2.45) is 0 Å². The lowest BCUT2D eigenvalue weighted by molar-refractivity contribution is 0.450. The molecule has 0 spiro atoms. The highest BCUT2D eigenvalue weighted by Crippen LogP contribution is 2.32. The van der Waals surface area contributed by atoms with Gasteiger partial charge < -0.3 is 19.5 Å². The van der Waals surface area contributed by atoms with Gasteiger partial charge in [0, 0.05) is 20.1 Å². The van der Waals surface area contributed by atoms with Crippen molar-refractivity contribution in [2.45, 2.75) is 13.1 Å². The average Bonchev–Trinajstić information content (AvgIpc) is 2.90. The van der Waals surface area contributed by atoms with Gasteiger partial charge in [-0.3, -0.25) is 0 Å². The molecule has 4 nitrogen and oxygen atoms in total. The van der Waals surface area contributed by atoms with Crippen molar-refractivity contribution < 1.29 is 4.42 Å². The zero-order valence-electron chi connectivity index (χ0n) is 12.1.